The molecule has 5 nitrogen and oxygen atoms in total. The summed E-state index contributed by atoms with van der Waals surface area (Å²) in [6.45, 7) is 5.90. The molecule has 0 spiro atoms. The molecule has 1 aromatic heterocycles. The van der Waals surface area contributed by atoms with Crippen LogP contribution in [0.3, 0.4) is 0 Å². The number of carbonyl (C=O) groups is 1. The van der Waals surface area contributed by atoms with Gasteiger partial charge in [-0.25, -0.2) is 9.78 Å². The Bertz CT molecular complexity index is 673. The van der Waals surface area contributed by atoms with Crippen molar-refractivity contribution in [2.45, 2.75) is 19.9 Å². The lowest BCUT2D eigenvalue weighted by atomic mass is 10.1. The number of benzene rings is 1. The molecule has 0 unspecified atom stereocenters. The highest BCUT2D eigenvalue weighted by molar-refractivity contribution is 7.15. The first kappa shape index (κ1) is 16.9. The molecule has 1 saturated heterocycles. The summed E-state index contributed by atoms with van der Waals surface area (Å²) in [6, 6.07) is 10.5. The van der Waals surface area contributed by atoms with Crippen molar-refractivity contribution < 1.29 is 4.79 Å². The number of hydrogen-bond donors (Lipinski definition) is 1. The van der Waals surface area contributed by atoms with Crippen LogP contribution in [0.4, 0.5) is 9.93 Å². The topological polar surface area (TPSA) is 48.5 Å². The van der Waals surface area contributed by atoms with Crippen LogP contribution in [0.1, 0.15) is 16.9 Å². The lowest BCUT2D eigenvalue weighted by Crippen LogP contribution is -2.36. The van der Waals surface area contributed by atoms with Gasteiger partial charge in [0.25, 0.3) is 0 Å². The molecule has 1 aromatic carbocycles. The van der Waals surface area contributed by atoms with Gasteiger partial charge in [-0.3, -0.25) is 10.2 Å². The molecular formula is C18H24N4OS. The standard InChI is InChI=1S/C18H24N4OS/c1-14-10-19-17(24-14)20-18(23)21(2)11-16-8-9-22(13-16)12-15-6-4-3-5-7-15/h3-7,10,16H,8-9,11-13H2,1-2H3,(H,19,20,23)/t16-/m1/s1. The minimum absolute atomic E-state index is 0.0779. The molecule has 24 heavy (non-hydrogen) atoms. The summed E-state index contributed by atoms with van der Waals surface area (Å²) < 4.78 is 0. The number of urea groups is 1. The quantitative estimate of drug-likeness (QED) is 0.904. The molecule has 0 bridgehead atoms. The van der Waals surface area contributed by atoms with Crippen molar-refractivity contribution >= 4 is 22.5 Å². The highest BCUT2D eigenvalue weighted by Gasteiger charge is 2.25. The number of hydrogen-bond acceptors (Lipinski definition) is 4. The van der Waals surface area contributed by atoms with Crippen molar-refractivity contribution in [1.82, 2.24) is 14.8 Å². The summed E-state index contributed by atoms with van der Waals surface area (Å²) in [5, 5.41) is 3.54. The van der Waals surface area contributed by atoms with E-state index in [-0.39, 0.29) is 6.03 Å². The molecule has 2 heterocycles. The summed E-state index contributed by atoms with van der Waals surface area (Å²) in [5.41, 5.74) is 1.35. The Morgan fingerprint density at radius 1 is 1.42 bits per heavy atom. The van der Waals surface area contributed by atoms with Crippen LogP contribution in [0.2, 0.25) is 0 Å². The summed E-state index contributed by atoms with van der Waals surface area (Å²) in [4.78, 5) is 21.8. The van der Waals surface area contributed by atoms with Gasteiger partial charge < -0.3 is 4.90 Å². The van der Waals surface area contributed by atoms with Crippen LogP contribution in [0.5, 0.6) is 0 Å². The van der Waals surface area contributed by atoms with Gasteiger partial charge in [-0.05, 0) is 31.4 Å². The van der Waals surface area contributed by atoms with E-state index in [1.807, 2.05) is 20.0 Å². The molecule has 2 aromatic rings. The van der Waals surface area contributed by atoms with Gasteiger partial charge in [-0.15, -0.1) is 11.3 Å². The fourth-order valence-electron chi connectivity index (χ4n) is 3.12. The van der Waals surface area contributed by atoms with Gasteiger partial charge in [0.1, 0.15) is 0 Å². The predicted molar refractivity (Wildman–Crippen MR) is 98.3 cm³/mol. The van der Waals surface area contributed by atoms with E-state index >= 15 is 0 Å². The highest BCUT2D eigenvalue weighted by atomic mass is 32.1. The molecule has 0 aliphatic carbocycles. The average Bonchev–Trinajstić information content (AvgIpc) is 3.17. The Kier molecular flexibility index (Phi) is 5.48. The second kappa shape index (κ2) is 7.77. The number of anilines is 1. The van der Waals surface area contributed by atoms with Crippen molar-refractivity contribution in [3.8, 4) is 0 Å². The van der Waals surface area contributed by atoms with Gasteiger partial charge >= 0.3 is 6.03 Å². The Labute approximate surface area is 147 Å². The van der Waals surface area contributed by atoms with Crippen LogP contribution in [-0.2, 0) is 6.54 Å². The fourth-order valence-corrected chi connectivity index (χ4v) is 3.77. The summed E-state index contributed by atoms with van der Waals surface area (Å²) in [7, 11) is 1.86. The van der Waals surface area contributed by atoms with Crippen LogP contribution < -0.4 is 5.32 Å². The molecule has 0 radical (unpaired) electrons. The van der Waals surface area contributed by atoms with E-state index in [4.69, 9.17) is 0 Å². The smallest absolute Gasteiger partial charge is 0.323 e. The SMILES string of the molecule is Cc1cnc(NC(=O)N(C)C[C@H]2CCN(Cc3ccccc3)C2)s1. The normalized spacial score (nSPS) is 17.8. The molecule has 6 heteroatoms. The van der Waals surface area contributed by atoms with Crippen molar-refractivity contribution in [3.63, 3.8) is 0 Å². The number of nitrogens with one attached hydrogen (secondary N) is 1. The second-order valence-electron chi connectivity index (χ2n) is 6.46. The van der Waals surface area contributed by atoms with Crippen LogP contribution in [0, 0.1) is 12.8 Å². The maximum absolute atomic E-state index is 12.2. The third kappa shape index (κ3) is 4.55. The summed E-state index contributed by atoms with van der Waals surface area (Å²) in [6.07, 6.45) is 2.92. The molecule has 1 atom stereocenters. The first-order valence-corrected chi connectivity index (χ1v) is 9.12. The maximum Gasteiger partial charge on any atom is 0.323 e. The van der Waals surface area contributed by atoms with Gasteiger partial charge in [-0.1, -0.05) is 30.3 Å². The average molecular weight is 344 g/mol. The van der Waals surface area contributed by atoms with Crippen molar-refractivity contribution in [2.75, 3.05) is 32.0 Å². The summed E-state index contributed by atoms with van der Waals surface area (Å²) in [5.74, 6) is 0.530. The number of rotatable bonds is 5. The molecule has 3 rings (SSSR count). The van der Waals surface area contributed by atoms with E-state index in [2.05, 4.69) is 39.5 Å². The van der Waals surface area contributed by atoms with Crippen LogP contribution in [-0.4, -0.2) is 47.5 Å². The van der Waals surface area contributed by atoms with Crippen molar-refractivity contribution in [2.24, 2.45) is 5.92 Å². The zero-order chi connectivity index (χ0) is 16.9. The van der Waals surface area contributed by atoms with Gasteiger partial charge in [0.05, 0.1) is 0 Å². The first-order chi connectivity index (χ1) is 11.6. The van der Waals surface area contributed by atoms with Gasteiger partial charge in [0.15, 0.2) is 5.13 Å². The first-order valence-electron chi connectivity index (χ1n) is 8.31. The van der Waals surface area contributed by atoms with Crippen molar-refractivity contribution in [1.29, 1.82) is 0 Å². The zero-order valence-corrected chi connectivity index (χ0v) is 15.1. The number of amides is 2. The van der Waals surface area contributed by atoms with Gasteiger partial charge in [-0.2, -0.15) is 0 Å². The number of carbonyl (C=O) groups excluding carboxylic acids is 1. The highest BCUT2D eigenvalue weighted by Crippen LogP contribution is 2.20. The van der Waals surface area contributed by atoms with E-state index in [0.717, 1.165) is 37.5 Å². The van der Waals surface area contributed by atoms with E-state index < -0.39 is 0 Å². The number of aryl methyl sites for hydroxylation is 1. The fraction of sp³-hybridized carbons (Fsp3) is 0.444. The Balaban J connectivity index is 1.45. The molecule has 0 saturated carbocycles. The minimum atomic E-state index is -0.0779. The Morgan fingerprint density at radius 3 is 2.92 bits per heavy atom. The van der Waals surface area contributed by atoms with Crippen LogP contribution >= 0.6 is 11.3 Å². The van der Waals surface area contributed by atoms with E-state index in [9.17, 15) is 4.79 Å². The Hall–Kier alpha value is -1.92. The predicted octanol–water partition coefficient (Wildman–Crippen LogP) is 3.44. The van der Waals surface area contributed by atoms with Gasteiger partial charge in [0, 0.05) is 37.8 Å². The number of nitrogens with zero attached hydrogens (tertiary/aromatic N) is 3. The van der Waals surface area contributed by atoms with Crippen molar-refractivity contribution in [3.05, 3.63) is 47.0 Å². The summed E-state index contributed by atoms with van der Waals surface area (Å²) >= 11 is 1.50. The lowest BCUT2D eigenvalue weighted by Gasteiger charge is -2.21. The van der Waals surface area contributed by atoms with E-state index in [1.165, 1.54) is 16.9 Å². The monoisotopic (exact) mass is 344 g/mol. The molecule has 128 valence electrons. The molecule has 1 fully saturated rings. The van der Waals surface area contributed by atoms with Crippen LogP contribution in [0.25, 0.3) is 0 Å². The molecule has 1 N–H and O–H groups in total. The third-order valence-corrected chi connectivity index (χ3v) is 5.16. The second-order valence-corrected chi connectivity index (χ2v) is 7.70. The van der Waals surface area contributed by atoms with Crippen LogP contribution in [0.15, 0.2) is 36.5 Å². The molecule has 1 aliphatic rings. The largest absolute Gasteiger partial charge is 0.327 e. The van der Waals surface area contributed by atoms with E-state index in [0.29, 0.717) is 11.0 Å². The molecular weight excluding hydrogens is 320 g/mol. The van der Waals surface area contributed by atoms with Gasteiger partial charge in [0.2, 0.25) is 0 Å². The van der Waals surface area contributed by atoms with E-state index in [1.54, 1.807) is 11.1 Å². The number of aromatic nitrogens is 1. The number of likely N-dealkylation sites (tertiary alicyclic amines) is 1. The zero-order valence-electron chi connectivity index (χ0n) is 14.2. The number of thiazole rings is 1. The maximum atomic E-state index is 12.2. The lowest BCUT2D eigenvalue weighted by molar-refractivity contribution is 0.212. The molecule has 2 amide bonds. The molecule has 1 aliphatic heterocycles. The Morgan fingerprint density at radius 2 is 2.21 bits per heavy atom. The third-order valence-electron chi connectivity index (χ3n) is 4.33. The minimum Gasteiger partial charge on any atom is -0.327 e.